The van der Waals surface area contributed by atoms with Crippen LogP contribution in [0.4, 0.5) is 0 Å². The molecule has 0 aliphatic heterocycles. The topological polar surface area (TPSA) is 55.1 Å². The average Bonchev–Trinajstić information content (AvgIpc) is 2.03. The smallest absolute Gasteiger partial charge is 0.205 e. The lowest BCUT2D eigenvalue weighted by Gasteiger charge is -2.02. The molecule has 0 spiro atoms. The fourth-order valence-electron chi connectivity index (χ4n) is 0.732. The van der Waals surface area contributed by atoms with Crippen LogP contribution in [0.15, 0.2) is 12.4 Å². The second-order valence-corrected chi connectivity index (χ2v) is 2.48. The van der Waals surface area contributed by atoms with Crippen molar-refractivity contribution in [3.05, 3.63) is 12.4 Å². The zero-order chi connectivity index (χ0) is 9.40. The number of Topliss-reactive ketones (excluding diaryl/α,β-unsaturated/α-hetero) is 1. The molecule has 0 aliphatic carbocycles. The summed E-state index contributed by atoms with van der Waals surface area (Å²) in [6, 6.07) is 0. The Bertz CT molecular complexity index is 203. The fourth-order valence-corrected chi connectivity index (χ4v) is 0.732. The molecular formula is C9H14N2O. The van der Waals surface area contributed by atoms with Crippen molar-refractivity contribution in [2.45, 2.75) is 19.3 Å². The summed E-state index contributed by atoms with van der Waals surface area (Å²) in [5.41, 5.74) is 5.26. The highest BCUT2D eigenvalue weighted by Crippen LogP contribution is 1.94. The van der Waals surface area contributed by atoms with Crippen molar-refractivity contribution in [1.29, 1.82) is 0 Å². The molecule has 12 heavy (non-hydrogen) atoms. The van der Waals surface area contributed by atoms with E-state index in [9.17, 15) is 4.79 Å². The number of nitrogens with two attached hydrogens (primary N) is 1. The standard InChI is InChI=1S/C9H14N2O/c1-3-9(12)6-4-5-7-11-8(2)10/h1,11H,2,4-7,10H2. The summed E-state index contributed by atoms with van der Waals surface area (Å²) >= 11 is 0. The summed E-state index contributed by atoms with van der Waals surface area (Å²) in [4.78, 5) is 10.6. The first-order chi connectivity index (χ1) is 5.66. The molecule has 0 unspecified atom stereocenters. The van der Waals surface area contributed by atoms with E-state index in [0.717, 1.165) is 19.4 Å². The Morgan fingerprint density at radius 2 is 2.25 bits per heavy atom. The minimum Gasteiger partial charge on any atom is -0.386 e. The number of carbonyl (C=O) groups excluding carboxylic acids is 1. The molecule has 0 atom stereocenters. The monoisotopic (exact) mass is 166 g/mol. The Balaban J connectivity index is 3.18. The Kier molecular flexibility index (Phi) is 5.54. The third-order valence-electron chi connectivity index (χ3n) is 1.34. The molecule has 0 rings (SSSR count). The summed E-state index contributed by atoms with van der Waals surface area (Å²) in [5, 5.41) is 2.86. The number of nitrogens with one attached hydrogen (secondary N) is 1. The van der Waals surface area contributed by atoms with Crippen LogP contribution >= 0.6 is 0 Å². The number of terminal acetylenes is 1. The van der Waals surface area contributed by atoms with E-state index in [0.29, 0.717) is 12.2 Å². The van der Waals surface area contributed by atoms with Crippen LogP contribution in [0.1, 0.15) is 19.3 Å². The van der Waals surface area contributed by atoms with Crippen LogP contribution in [0.25, 0.3) is 0 Å². The van der Waals surface area contributed by atoms with Crippen LogP contribution in [-0.4, -0.2) is 12.3 Å². The van der Waals surface area contributed by atoms with E-state index in [2.05, 4.69) is 17.8 Å². The van der Waals surface area contributed by atoms with Crippen molar-refractivity contribution >= 4 is 5.78 Å². The van der Waals surface area contributed by atoms with Gasteiger partial charge in [-0.3, -0.25) is 4.79 Å². The van der Waals surface area contributed by atoms with Crippen molar-refractivity contribution in [3.8, 4) is 12.3 Å². The van der Waals surface area contributed by atoms with Crippen LogP contribution in [0.3, 0.4) is 0 Å². The molecule has 66 valence electrons. The second kappa shape index (κ2) is 6.29. The van der Waals surface area contributed by atoms with Gasteiger partial charge in [0.25, 0.3) is 0 Å². The van der Waals surface area contributed by atoms with Crippen molar-refractivity contribution in [2.75, 3.05) is 6.54 Å². The molecule has 0 radical (unpaired) electrons. The fraction of sp³-hybridized carbons (Fsp3) is 0.444. The molecular weight excluding hydrogens is 152 g/mol. The molecule has 0 aliphatic rings. The molecule has 0 aromatic heterocycles. The number of carbonyl (C=O) groups is 1. The number of rotatable bonds is 6. The van der Waals surface area contributed by atoms with Gasteiger partial charge in [0.15, 0.2) is 0 Å². The zero-order valence-electron chi connectivity index (χ0n) is 7.10. The first-order valence-electron chi connectivity index (χ1n) is 3.84. The van der Waals surface area contributed by atoms with Gasteiger partial charge >= 0.3 is 0 Å². The van der Waals surface area contributed by atoms with Gasteiger partial charge in [0.05, 0.1) is 5.82 Å². The van der Waals surface area contributed by atoms with E-state index >= 15 is 0 Å². The maximum atomic E-state index is 10.6. The first-order valence-corrected chi connectivity index (χ1v) is 3.84. The quantitative estimate of drug-likeness (QED) is 0.341. The minimum absolute atomic E-state index is 0.137. The van der Waals surface area contributed by atoms with Gasteiger partial charge in [-0.1, -0.05) is 6.58 Å². The molecule has 0 saturated heterocycles. The molecule has 0 amide bonds. The Morgan fingerprint density at radius 1 is 1.58 bits per heavy atom. The van der Waals surface area contributed by atoms with Gasteiger partial charge in [0.1, 0.15) is 0 Å². The third-order valence-corrected chi connectivity index (χ3v) is 1.34. The lowest BCUT2D eigenvalue weighted by atomic mass is 10.2. The number of hydrogen-bond acceptors (Lipinski definition) is 3. The minimum atomic E-state index is -0.137. The molecule has 0 heterocycles. The van der Waals surface area contributed by atoms with Crippen LogP contribution in [-0.2, 0) is 4.79 Å². The maximum absolute atomic E-state index is 10.6. The van der Waals surface area contributed by atoms with E-state index in [1.165, 1.54) is 0 Å². The maximum Gasteiger partial charge on any atom is 0.205 e. The van der Waals surface area contributed by atoms with Gasteiger partial charge in [-0.15, -0.1) is 6.42 Å². The second-order valence-electron chi connectivity index (χ2n) is 2.48. The molecule has 0 saturated carbocycles. The summed E-state index contributed by atoms with van der Waals surface area (Å²) in [5.74, 6) is 2.38. The van der Waals surface area contributed by atoms with Crippen molar-refractivity contribution in [1.82, 2.24) is 5.32 Å². The van der Waals surface area contributed by atoms with Gasteiger partial charge in [-0.2, -0.15) is 0 Å². The molecule has 0 bridgehead atoms. The predicted molar refractivity (Wildman–Crippen MR) is 49.0 cm³/mol. The summed E-state index contributed by atoms with van der Waals surface area (Å²) in [6.07, 6.45) is 7.01. The highest BCUT2D eigenvalue weighted by molar-refractivity contribution is 5.94. The lowest BCUT2D eigenvalue weighted by Crippen LogP contribution is -2.19. The molecule has 0 aromatic carbocycles. The van der Waals surface area contributed by atoms with Crippen LogP contribution in [0.5, 0.6) is 0 Å². The van der Waals surface area contributed by atoms with E-state index < -0.39 is 0 Å². The van der Waals surface area contributed by atoms with Crippen molar-refractivity contribution in [3.63, 3.8) is 0 Å². The van der Waals surface area contributed by atoms with Crippen LogP contribution in [0, 0.1) is 12.3 Å². The van der Waals surface area contributed by atoms with Gasteiger partial charge in [-0.25, -0.2) is 0 Å². The molecule has 0 fully saturated rings. The van der Waals surface area contributed by atoms with Gasteiger partial charge in [0.2, 0.25) is 5.78 Å². The first kappa shape index (κ1) is 10.6. The molecule has 3 N–H and O–H groups in total. The Labute approximate surface area is 73.0 Å². The summed E-state index contributed by atoms with van der Waals surface area (Å²) in [7, 11) is 0. The SMILES string of the molecule is C#CC(=O)CCCCNC(=C)N. The Hall–Kier alpha value is -1.43. The summed E-state index contributed by atoms with van der Waals surface area (Å²) in [6.45, 7) is 4.21. The molecule has 3 heteroatoms. The van der Waals surface area contributed by atoms with E-state index in [4.69, 9.17) is 12.2 Å². The third kappa shape index (κ3) is 6.69. The van der Waals surface area contributed by atoms with Gasteiger partial charge in [0, 0.05) is 13.0 Å². The number of ketones is 1. The van der Waals surface area contributed by atoms with E-state index in [-0.39, 0.29) is 5.78 Å². The van der Waals surface area contributed by atoms with Crippen molar-refractivity contribution in [2.24, 2.45) is 5.73 Å². The zero-order valence-corrected chi connectivity index (χ0v) is 7.10. The van der Waals surface area contributed by atoms with Crippen molar-refractivity contribution < 1.29 is 4.79 Å². The van der Waals surface area contributed by atoms with Crippen LogP contribution < -0.4 is 11.1 Å². The number of hydrogen-bond donors (Lipinski definition) is 2. The largest absolute Gasteiger partial charge is 0.386 e. The van der Waals surface area contributed by atoms with Crippen LogP contribution in [0.2, 0.25) is 0 Å². The molecule has 0 aromatic rings. The predicted octanol–water partition coefficient (Wildman–Crippen LogP) is 0.379. The molecule has 3 nitrogen and oxygen atoms in total. The Morgan fingerprint density at radius 3 is 2.75 bits per heavy atom. The van der Waals surface area contributed by atoms with Gasteiger partial charge < -0.3 is 11.1 Å². The van der Waals surface area contributed by atoms with Gasteiger partial charge in [-0.05, 0) is 18.8 Å². The lowest BCUT2D eigenvalue weighted by molar-refractivity contribution is -0.113. The number of unbranched alkanes of at least 4 members (excludes halogenated alkanes) is 1. The highest BCUT2D eigenvalue weighted by Gasteiger charge is 1.95. The van der Waals surface area contributed by atoms with E-state index in [1.807, 2.05) is 0 Å². The average molecular weight is 166 g/mol. The summed E-state index contributed by atoms with van der Waals surface area (Å²) < 4.78 is 0. The normalized spacial score (nSPS) is 8.58. The van der Waals surface area contributed by atoms with E-state index in [1.54, 1.807) is 0 Å². The highest BCUT2D eigenvalue weighted by atomic mass is 16.1.